The molecule has 0 bridgehead atoms. The number of rotatable bonds is 2. The molecule has 0 saturated heterocycles. The Bertz CT molecular complexity index is 1230. The zero-order valence-electron chi connectivity index (χ0n) is 13.8. The number of ketones is 1. The van der Waals surface area contributed by atoms with E-state index < -0.39 is 6.04 Å². The molecule has 4 aromatic rings. The van der Waals surface area contributed by atoms with Gasteiger partial charge in [-0.3, -0.25) is 14.2 Å². The number of fused-ring (bicyclic) bond motifs is 4. The second kappa shape index (κ2) is 5.49. The number of para-hydroxylation sites is 1. The van der Waals surface area contributed by atoms with E-state index in [2.05, 4.69) is 0 Å². The van der Waals surface area contributed by atoms with Gasteiger partial charge in [-0.05, 0) is 17.7 Å². The van der Waals surface area contributed by atoms with Crippen LogP contribution in [0.2, 0.25) is 0 Å². The molecule has 4 nitrogen and oxygen atoms in total. The molecule has 124 valence electrons. The van der Waals surface area contributed by atoms with Crippen molar-refractivity contribution in [2.24, 2.45) is 0 Å². The topological polar surface area (TPSA) is 52.0 Å². The lowest BCUT2D eigenvalue weighted by atomic mass is 9.97. The average molecular weight is 338 g/mol. The van der Waals surface area contributed by atoms with Crippen molar-refractivity contribution in [3.05, 3.63) is 100 Å². The van der Waals surface area contributed by atoms with Crippen LogP contribution in [0.3, 0.4) is 0 Å². The molecule has 0 N–H and O–H groups in total. The number of benzene rings is 3. The lowest BCUT2D eigenvalue weighted by molar-refractivity contribution is 0.0948. The number of carbonyl (C=O) groups excluding carboxylic acids is 1. The first-order valence-corrected chi connectivity index (χ1v) is 8.45. The molecule has 5 rings (SSSR count). The minimum Gasteiger partial charge on any atom is -0.291 e. The van der Waals surface area contributed by atoms with Crippen LogP contribution in [0.4, 0.5) is 0 Å². The third-order valence-electron chi connectivity index (χ3n) is 4.87. The van der Waals surface area contributed by atoms with Crippen molar-refractivity contribution >= 4 is 16.7 Å². The van der Waals surface area contributed by atoms with Gasteiger partial charge in [-0.2, -0.15) is 0 Å². The summed E-state index contributed by atoms with van der Waals surface area (Å²) < 4.78 is 1.54. The molecule has 0 aliphatic carbocycles. The highest BCUT2D eigenvalue weighted by Crippen LogP contribution is 2.39. The normalized spacial score (nSPS) is 14.8. The number of carbonyl (C=O) groups is 1. The second-order valence-corrected chi connectivity index (χ2v) is 6.35. The third-order valence-corrected chi connectivity index (χ3v) is 4.87. The van der Waals surface area contributed by atoms with E-state index in [-0.39, 0.29) is 11.3 Å². The van der Waals surface area contributed by atoms with E-state index in [1.54, 1.807) is 22.8 Å². The fourth-order valence-electron chi connectivity index (χ4n) is 3.67. The van der Waals surface area contributed by atoms with E-state index >= 15 is 0 Å². The van der Waals surface area contributed by atoms with Gasteiger partial charge in [0, 0.05) is 11.1 Å². The lowest BCUT2D eigenvalue weighted by Crippen LogP contribution is -2.29. The Morgan fingerprint density at radius 2 is 1.54 bits per heavy atom. The first-order valence-electron chi connectivity index (χ1n) is 8.45. The highest BCUT2D eigenvalue weighted by Gasteiger charge is 2.36. The summed E-state index contributed by atoms with van der Waals surface area (Å²) in [6, 6.07) is 23.3. The maximum absolute atomic E-state index is 13.3. The van der Waals surface area contributed by atoms with E-state index in [4.69, 9.17) is 4.98 Å². The van der Waals surface area contributed by atoms with Gasteiger partial charge >= 0.3 is 0 Å². The summed E-state index contributed by atoms with van der Waals surface area (Å²) >= 11 is 0. The Balaban J connectivity index is 1.84. The van der Waals surface area contributed by atoms with E-state index in [0.717, 1.165) is 11.1 Å². The van der Waals surface area contributed by atoms with Crippen molar-refractivity contribution in [3.8, 4) is 11.4 Å². The first-order chi connectivity index (χ1) is 12.8. The van der Waals surface area contributed by atoms with Crippen LogP contribution < -0.4 is 5.56 Å². The van der Waals surface area contributed by atoms with E-state index in [0.29, 0.717) is 22.3 Å². The maximum Gasteiger partial charge on any atom is 0.262 e. The van der Waals surface area contributed by atoms with Gasteiger partial charge in [-0.25, -0.2) is 4.98 Å². The van der Waals surface area contributed by atoms with Crippen LogP contribution in [0.25, 0.3) is 22.3 Å². The molecular weight excluding hydrogens is 324 g/mol. The van der Waals surface area contributed by atoms with Crippen molar-refractivity contribution in [2.45, 2.75) is 6.04 Å². The highest BCUT2D eigenvalue weighted by atomic mass is 16.1. The Hall–Kier alpha value is -3.53. The predicted octanol–water partition coefficient (Wildman–Crippen LogP) is 3.85. The van der Waals surface area contributed by atoms with Crippen molar-refractivity contribution in [2.75, 3.05) is 0 Å². The molecule has 0 saturated carbocycles. The zero-order chi connectivity index (χ0) is 17.7. The van der Waals surface area contributed by atoms with Crippen LogP contribution in [0.1, 0.15) is 22.0 Å². The summed E-state index contributed by atoms with van der Waals surface area (Å²) in [7, 11) is 0. The third kappa shape index (κ3) is 1.99. The molecule has 1 aliphatic heterocycles. The van der Waals surface area contributed by atoms with Crippen LogP contribution in [-0.2, 0) is 0 Å². The van der Waals surface area contributed by atoms with E-state index in [1.807, 2.05) is 60.7 Å². The van der Waals surface area contributed by atoms with Crippen LogP contribution in [-0.4, -0.2) is 15.3 Å². The Morgan fingerprint density at radius 3 is 2.38 bits per heavy atom. The molecule has 0 fully saturated rings. The van der Waals surface area contributed by atoms with Crippen LogP contribution in [0, 0.1) is 0 Å². The molecule has 0 radical (unpaired) electrons. The SMILES string of the molecule is O=C(c1ccccc1)C1c2ccccc2-c2nc3ccccc3c(=O)n21. The Labute approximate surface area is 149 Å². The molecule has 0 spiro atoms. The quantitative estimate of drug-likeness (QED) is 0.522. The molecule has 2 heterocycles. The molecule has 1 aromatic heterocycles. The zero-order valence-corrected chi connectivity index (χ0v) is 13.8. The molecule has 1 aliphatic rings. The molecule has 0 amide bonds. The second-order valence-electron chi connectivity index (χ2n) is 6.35. The summed E-state index contributed by atoms with van der Waals surface area (Å²) in [6.45, 7) is 0. The smallest absolute Gasteiger partial charge is 0.262 e. The summed E-state index contributed by atoms with van der Waals surface area (Å²) in [5, 5.41) is 0.523. The number of nitrogens with zero attached hydrogens (tertiary/aromatic N) is 2. The molecule has 26 heavy (non-hydrogen) atoms. The minimum absolute atomic E-state index is 0.101. The fourth-order valence-corrected chi connectivity index (χ4v) is 3.67. The molecule has 3 aromatic carbocycles. The van der Waals surface area contributed by atoms with Crippen molar-refractivity contribution < 1.29 is 4.79 Å². The van der Waals surface area contributed by atoms with Crippen molar-refractivity contribution in [3.63, 3.8) is 0 Å². The number of Topliss-reactive ketones (excluding diaryl/α,β-unsaturated/α-hetero) is 1. The van der Waals surface area contributed by atoms with Gasteiger partial charge in [0.05, 0.1) is 10.9 Å². The monoisotopic (exact) mass is 338 g/mol. The van der Waals surface area contributed by atoms with Crippen molar-refractivity contribution in [1.29, 1.82) is 0 Å². The summed E-state index contributed by atoms with van der Waals surface area (Å²) in [6.07, 6.45) is 0. The summed E-state index contributed by atoms with van der Waals surface area (Å²) in [5.74, 6) is 0.453. The predicted molar refractivity (Wildman–Crippen MR) is 100 cm³/mol. The molecule has 4 heteroatoms. The molecule has 1 unspecified atom stereocenters. The van der Waals surface area contributed by atoms with Gasteiger partial charge in [0.1, 0.15) is 11.9 Å². The van der Waals surface area contributed by atoms with Crippen LogP contribution in [0.15, 0.2) is 83.7 Å². The van der Waals surface area contributed by atoms with Gasteiger partial charge in [0.2, 0.25) is 0 Å². The van der Waals surface area contributed by atoms with Gasteiger partial charge < -0.3 is 0 Å². The van der Waals surface area contributed by atoms with Crippen LogP contribution >= 0.6 is 0 Å². The Kier molecular flexibility index (Phi) is 3.12. The molecular formula is C22H14N2O2. The number of hydrogen-bond donors (Lipinski definition) is 0. The van der Waals surface area contributed by atoms with Crippen molar-refractivity contribution in [1.82, 2.24) is 9.55 Å². The maximum atomic E-state index is 13.3. The number of hydrogen-bond acceptors (Lipinski definition) is 3. The standard InChI is InChI=1S/C22H14N2O2/c25-20(14-8-2-1-3-9-14)19-15-10-4-5-11-16(15)21-23-18-13-7-6-12-17(18)22(26)24(19)21/h1-13,19H. The number of aromatic nitrogens is 2. The Morgan fingerprint density at radius 1 is 0.846 bits per heavy atom. The van der Waals surface area contributed by atoms with Gasteiger partial charge in [-0.1, -0.05) is 66.7 Å². The first kappa shape index (κ1) is 14.8. The van der Waals surface area contributed by atoms with Gasteiger partial charge in [0.25, 0.3) is 5.56 Å². The minimum atomic E-state index is -0.687. The van der Waals surface area contributed by atoms with E-state index in [9.17, 15) is 9.59 Å². The highest BCUT2D eigenvalue weighted by molar-refractivity contribution is 6.03. The fraction of sp³-hybridized carbons (Fsp3) is 0.0455. The summed E-state index contributed by atoms with van der Waals surface area (Å²) in [4.78, 5) is 31.2. The summed E-state index contributed by atoms with van der Waals surface area (Å²) in [5.41, 5.74) is 2.70. The van der Waals surface area contributed by atoms with Gasteiger partial charge in [-0.15, -0.1) is 0 Å². The van der Waals surface area contributed by atoms with Gasteiger partial charge in [0.15, 0.2) is 5.78 Å². The lowest BCUT2D eigenvalue weighted by Gasteiger charge is -2.15. The largest absolute Gasteiger partial charge is 0.291 e. The van der Waals surface area contributed by atoms with Crippen LogP contribution in [0.5, 0.6) is 0 Å². The molecule has 1 atom stereocenters. The van der Waals surface area contributed by atoms with E-state index in [1.165, 1.54) is 0 Å². The average Bonchev–Trinajstić information content (AvgIpc) is 3.03.